The third kappa shape index (κ3) is 6.09. The lowest BCUT2D eigenvalue weighted by atomic mass is 9.74. The summed E-state index contributed by atoms with van der Waals surface area (Å²) in [6, 6.07) is 21.1. The van der Waals surface area contributed by atoms with E-state index in [1.54, 1.807) is 20.3 Å². The SMILES string of the molecule is C=C(C)[C@H]1C[C@H](c2ccc(Cl)cc2)[C@H](c2ccc(OC)cc2)O[C@@H]1c1ccc(OC)cc1OCC(=O)O. The van der Waals surface area contributed by atoms with E-state index in [1.165, 1.54) is 0 Å². The standard InChI is InChI=1S/C30H31ClO6/c1-18(2)25-16-26(19-5-9-21(31)10-6-19)29(20-7-11-22(34-3)12-8-20)37-30(25)24-14-13-23(35-4)15-27(24)36-17-28(32)33/h5-15,25-26,29-30H,1,16-17H2,2-4H3,(H,32,33)/t25-,26-,29+,30-/m1/s1. The van der Waals surface area contributed by atoms with Crippen molar-refractivity contribution in [2.45, 2.75) is 31.5 Å². The Morgan fingerprint density at radius 2 is 1.59 bits per heavy atom. The van der Waals surface area contributed by atoms with Crippen molar-refractivity contribution in [2.75, 3.05) is 20.8 Å². The van der Waals surface area contributed by atoms with Crippen LogP contribution in [0.15, 0.2) is 78.9 Å². The predicted molar refractivity (Wildman–Crippen MR) is 143 cm³/mol. The van der Waals surface area contributed by atoms with Gasteiger partial charge >= 0.3 is 5.97 Å². The average Bonchev–Trinajstić information content (AvgIpc) is 2.91. The summed E-state index contributed by atoms with van der Waals surface area (Å²) in [4.78, 5) is 11.3. The van der Waals surface area contributed by atoms with Crippen molar-refractivity contribution in [2.24, 2.45) is 5.92 Å². The topological polar surface area (TPSA) is 74.2 Å². The molecular formula is C30H31ClO6. The van der Waals surface area contributed by atoms with Gasteiger partial charge in [0.25, 0.3) is 0 Å². The maximum absolute atomic E-state index is 11.3. The summed E-state index contributed by atoms with van der Waals surface area (Å²) in [6.07, 6.45) is 0.0629. The summed E-state index contributed by atoms with van der Waals surface area (Å²) >= 11 is 6.19. The average molecular weight is 523 g/mol. The summed E-state index contributed by atoms with van der Waals surface area (Å²) in [7, 11) is 3.19. The van der Waals surface area contributed by atoms with Gasteiger partial charge < -0.3 is 24.1 Å². The Balaban J connectivity index is 1.79. The quantitative estimate of drug-likeness (QED) is 0.305. The number of hydrogen-bond acceptors (Lipinski definition) is 5. The molecule has 0 aliphatic carbocycles. The van der Waals surface area contributed by atoms with Gasteiger partial charge in [-0.3, -0.25) is 0 Å². The Bertz CT molecular complexity index is 1240. The zero-order valence-electron chi connectivity index (χ0n) is 21.1. The molecule has 4 rings (SSSR count). The fourth-order valence-electron chi connectivity index (χ4n) is 4.88. The Kier molecular flexibility index (Phi) is 8.41. The zero-order chi connectivity index (χ0) is 26.5. The van der Waals surface area contributed by atoms with Gasteiger partial charge in [-0.15, -0.1) is 0 Å². The van der Waals surface area contributed by atoms with Gasteiger partial charge in [0.15, 0.2) is 6.61 Å². The van der Waals surface area contributed by atoms with Crippen LogP contribution in [-0.2, 0) is 9.53 Å². The van der Waals surface area contributed by atoms with E-state index in [0.29, 0.717) is 16.5 Å². The first-order valence-corrected chi connectivity index (χ1v) is 12.4. The van der Waals surface area contributed by atoms with Crippen LogP contribution in [0.3, 0.4) is 0 Å². The van der Waals surface area contributed by atoms with E-state index in [-0.39, 0.29) is 17.9 Å². The molecule has 0 radical (unpaired) electrons. The molecule has 1 fully saturated rings. The molecule has 3 aromatic rings. The first kappa shape index (κ1) is 26.6. The van der Waals surface area contributed by atoms with Gasteiger partial charge in [-0.25, -0.2) is 4.79 Å². The van der Waals surface area contributed by atoms with Crippen molar-refractivity contribution in [3.8, 4) is 17.2 Å². The molecule has 1 N–H and O–H groups in total. The largest absolute Gasteiger partial charge is 0.497 e. The highest BCUT2D eigenvalue weighted by atomic mass is 35.5. The second-order valence-corrected chi connectivity index (χ2v) is 9.62. The molecule has 0 bridgehead atoms. The molecule has 194 valence electrons. The number of aliphatic carboxylic acids is 1. The van der Waals surface area contributed by atoms with Gasteiger partial charge in [0.2, 0.25) is 0 Å². The van der Waals surface area contributed by atoms with Crippen molar-refractivity contribution in [1.82, 2.24) is 0 Å². The van der Waals surface area contributed by atoms with Crippen LogP contribution in [0.5, 0.6) is 17.2 Å². The van der Waals surface area contributed by atoms with E-state index < -0.39 is 18.7 Å². The smallest absolute Gasteiger partial charge is 0.341 e. The lowest BCUT2D eigenvalue weighted by Crippen LogP contribution is -2.31. The molecule has 1 heterocycles. The first-order chi connectivity index (χ1) is 17.8. The Morgan fingerprint density at radius 1 is 0.973 bits per heavy atom. The van der Waals surface area contributed by atoms with Gasteiger partial charge in [0, 0.05) is 28.5 Å². The fourth-order valence-corrected chi connectivity index (χ4v) is 5.01. The van der Waals surface area contributed by atoms with Crippen LogP contribution >= 0.6 is 11.6 Å². The number of ether oxygens (including phenoxy) is 4. The minimum atomic E-state index is -1.06. The number of hydrogen-bond donors (Lipinski definition) is 1. The van der Waals surface area contributed by atoms with Gasteiger partial charge in [-0.05, 0) is 60.9 Å². The molecule has 0 saturated carbocycles. The predicted octanol–water partition coefficient (Wildman–Crippen LogP) is 7.00. The molecule has 4 atom stereocenters. The normalized spacial score (nSPS) is 21.2. The van der Waals surface area contributed by atoms with E-state index in [2.05, 4.69) is 6.58 Å². The highest BCUT2D eigenvalue weighted by molar-refractivity contribution is 6.30. The van der Waals surface area contributed by atoms with Gasteiger partial charge in [0.1, 0.15) is 17.2 Å². The molecular weight excluding hydrogens is 492 g/mol. The molecule has 3 aromatic carbocycles. The van der Waals surface area contributed by atoms with Crippen molar-refractivity contribution in [3.63, 3.8) is 0 Å². The van der Waals surface area contributed by atoms with Gasteiger partial charge in [0.05, 0.1) is 26.4 Å². The van der Waals surface area contributed by atoms with E-state index in [4.69, 9.17) is 30.5 Å². The van der Waals surface area contributed by atoms with E-state index in [1.807, 2.05) is 67.6 Å². The van der Waals surface area contributed by atoms with Crippen molar-refractivity contribution in [3.05, 3.63) is 101 Å². The molecule has 0 spiro atoms. The van der Waals surface area contributed by atoms with Crippen LogP contribution < -0.4 is 14.2 Å². The van der Waals surface area contributed by atoms with Gasteiger partial charge in [-0.2, -0.15) is 0 Å². The second kappa shape index (κ2) is 11.7. The highest BCUT2D eigenvalue weighted by Crippen LogP contribution is 2.53. The van der Waals surface area contributed by atoms with Crippen molar-refractivity contribution >= 4 is 17.6 Å². The third-order valence-corrected chi connectivity index (χ3v) is 7.04. The molecule has 1 aliphatic heterocycles. The summed E-state index contributed by atoms with van der Waals surface area (Å²) in [5.74, 6) is 0.669. The van der Waals surface area contributed by atoms with E-state index in [0.717, 1.165) is 34.4 Å². The minimum absolute atomic E-state index is 0.0326. The number of rotatable bonds is 9. The first-order valence-electron chi connectivity index (χ1n) is 12.0. The number of carboxylic acids is 1. The molecule has 1 saturated heterocycles. The molecule has 0 aromatic heterocycles. The van der Waals surface area contributed by atoms with E-state index in [9.17, 15) is 9.90 Å². The maximum Gasteiger partial charge on any atom is 0.341 e. The van der Waals surface area contributed by atoms with Crippen LogP contribution in [0.4, 0.5) is 0 Å². The lowest BCUT2D eigenvalue weighted by molar-refractivity contribution is -0.139. The van der Waals surface area contributed by atoms with Crippen LogP contribution in [0, 0.1) is 5.92 Å². The third-order valence-electron chi connectivity index (χ3n) is 6.79. The molecule has 0 amide bonds. The molecule has 7 heteroatoms. The monoisotopic (exact) mass is 522 g/mol. The second-order valence-electron chi connectivity index (χ2n) is 9.18. The van der Waals surface area contributed by atoms with Crippen LogP contribution in [0.2, 0.25) is 5.02 Å². The van der Waals surface area contributed by atoms with Crippen LogP contribution in [0.1, 0.15) is 48.2 Å². The Hall–Kier alpha value is -3.48. The van der Waals surface area contributed by atoms with Gasteiger partial charge in [-0.1, -0.05) is 48.0 Å². The minimum Gasteiger partial charge on any atom is -0.497 e. The number of benzene rings is 3. The highest BCUT2D eigenvalue weighted by Gasteiger charge is 2.41. The lowest BCUT2D eigenvalue weighted by Gasteiger charge is -2.43. The molecule has 0 unspecified atom stereocenters. The number of methoxy groups -OCH3 is 2. The summed E-state index contributed by atoms with van der Waals surface area (Å²) in [5.41, 5.74) is 3.85. The number of carbonyl (C=O) groups is 1. The number of halogens is 1. The van der Waals surface area contributed by atoms with E-state index >= 15 is 0 Å². The van der Waals surface area contributed by atoms with Crippen LogP contribution in [0.25, 0.3) is 0 Å². The molecule has 37 heavy (non-hydrogen) atoms. The molecule has 1 aliphatic rings. The van der Waals surface area contributed by atoms with Crippen molar-refractivity contribution < 1.29 is 28.8 Å². The zero-order valence-corrected chi connectivity index (χ0v) is 21.9. The van der Waals surface area contributed by atoms with Crippen molar-refractivity contribution in [1.29, 1.82) is 0 Å². The Morgan fingerprint density at radius 3 is 2.19 bits per heavy atom. The fraction of sp³-hybridized carbons (Fsp3) is 0.300. The summed E-state index contributed by atoms with van der Waals surface area (Å²) in [6.45, 7) is 5.80. The Labute approximate surface area is 222 Å². The summed E-state index contributed by atoms with van der Waals surface area (Å²) in [5, 5.41) is 9.91. The maximum atomic E-state index is 11.3. The van der Waals surface area contributed by atoms with Crippen LogP contribution in [-0.4, -0.2) is 31.9 Å². The molecule has 6 nitrogen and oxygen atoms in total. The number of carboxylic acid groups (broad SMARTS) is 1. The summed E-state index contributed by atoms with van der Waals surface area (Å²) < 4.78 is 23.3.